The first-order valence-electron chi connectivity index (χ1n) is 15.6. The number of methoxy groups -OCH3 is 1. The zero-order valence-corrected chi connectivity index (χ0v) is 25.4. The molecule has 2 amide bonds. The Bertz CT molecular complexity index is 1330. The summed E-state index contributed by atoms with van der Waals surface area (Å²) >= 11 is 0. The second-order valence-corrected chi connectivity index (χ2v) is 11.9. The number of carbonyl (C=O) groups is 2. The summed E-state index contributed by atoms with van der Waals surface area (Å²) < 4.78 is 7.40. The Balaban J connectivity index is 1.47. The van der Waals surface area contributed by atoms with Crippen molar-refractivity contribution in [2.75, 3.05) is 12.4 Å². The minimum absolute atomic E-state index is 0.0601. The zero-order valence-electron chi connectivity index (χ0n) is 25.4. The molecule has 0 aliphatic heterocycles. The molecule has 1 atom stereocenters. The van der Waals surface area contributed by atoms with Crippen LogP contribution in [0, 0.1) is 31.6 Å². The first kappa shape index (κ1) is 29.8. The maximum atomic E-state index is 14.3. The van der Waals surface area contributed by atoms with Crippen LogP contribution in [0.4, 0.5) is 5.82 Å². The number of rotatable bonds is 10. The third-order valence-corrected chi connectivity index (χ3v) is 9.33. The number of hydrogen-bond donors (Lipinski definition) is 3. The van der Waals surface area contributed by atoms with Crippen molar-refractivity contribution in [1.82, 2.24) is 30.3 Å². The van der Waals surface area contributed by atoms with Gasteiger partial charge in [0.25, 0.3) is 5.91 Å². The van der Waals surface area contributed by atoms with Gasteiger partial charge in [-0.25, -0.2) is 4.98 Å². The number of nitrogens with zero attached hydrogens (tertiary/aromatic N) is 4. The van der Waals surface area contributed by atoms with Gasteiger partial charge in [0.15, 0.2) is 0 Å². The van der Waals surface area contributed by atoms with Crippen LogP contribution < -0.4 is 15.4 Å². The van der Waals surface area contributed by atoms with Crippen LogP contribution in [-0.2, 0) is 11.3 Å². The predicted octanol–water partition coefficient (Wildman–Crippen LogP) is 5.83. The molecule has 0 saturated heterocycles. The van der Waals surface area contributed by atoms with Gasteiger partial charge in [-0.3, -0.25) is 19.4 Å². The minimum Gasteiger partial charge on any atom is -0.496 e. The van der Waals surface area contributed by atoms with Crippen molar-refractivity contribution >= 4 is 17.6 Å². The topological polar surface area (TPSA) is 127 Å². The molecular weight excluding hydrogens is 530 g/mol. The van der Waals surface area contributed by atoms with Gasteiger partial charge in [0.1, 0.15) is 23.3 Å². The summed E-state index contributed by atoms with van der Waals surface area (Å²) in [5.74, 6) is 1.34. The summed E-state index contributed by atoms with van der Waals surface area (Å²) in [6.07, 6.45) is 14.9. The van der Waals surface area contributed by atoms with Crippen molar-refractivity contribution in [2.24, 2.45) is 17.8 Å². The highest BCUT2D eigenvalue weighted by molar-refractivity contribution is 6.00. The van der Waals surface area contributed by atoms with Crippen molar-refractivity contribution in [2.45, 2.75) is 97.6 Å². The molecule has 3 N–H and O–H groups in total. The number of hydrogen-bond acceptors (Lipinski definition) is 6. The molecule has 1 unspecified atom stereocenters. The lowest BCUT2D eigenvalue weighted by Crippen LogP contribution is -2.53. The van der Waals surface area contributed by atoms with Crippen LogP contribution in [0.1, 0.15) is 93.0 Å². The molecule has 0 radical (unpaired) electrons. The Morgan fingerprint density at radius 2 is 1.74 bits per heavy atom. The molecule has 5 rings (SSSR count). The van der Waals surface area contributed by atoms with Crippen LogP contribution in [0.15, 0.2) is 24.5 Å². The van der Waals surface area contributed by atoms with E-state index in [2.05, 4.69) is 30.9 Å². The van der Waals surface area contributed by atoms with Gasteiger partial charge in [-0.15, -0.1) is 0 Å². The molecule has 0 spiro atoms. The molecule has 3 aromatic heterocycles. The standard InChI is InChI=1S/C32H45N7O3/c1-5-39-25(16-17-34-39)31(40)36-30(29(22-12-8-6-9-13-22)23-14-10-7-11-15-23)32(41)35-27-18-26(42-4)24(19-33-27)28-20(2)37-38-21(28)3/h16-19,22-23,29-30H,5-15H2,1-4H3,(H,36,40)(H,37,38)(H,33,35,41). The normalized spacial score (nSPS) is 17.3. The lowest BCUT2D eigenvalue weighted by atomic mass is 9.66. The predicted molar refractivity (Wildman–Crippen MR) is 162 cm³/mol. The van der Waals surface area contributed by atoms with Crippen molar-refractivity contribution in [3.63, 3.8) is 0 Å². The van der Waals surface area contributed by atoms with Crippen LogP contribution in [-0.4, -0.2) is 49.9 Å². The molecule has 2 fully saturated rings. The zero-order chi connectivity index (χ0) is 29.6. The second-order valence-electron chi connectivity index (χ2n) is 11.9. The number of pyridine rings is 1. The number of amides is 2. The third-order valence-electron chi connectivity index (χ3n) is 9.33. The number of aryl methyl sites for hydroxylation is 3. The van der Waals surface area contributed by atoms with Crippen molar-refractivity contribution in [3.8, 4) is 16.9 Å². The second kappa shape index (κ2) is 13.5. The molecule has 3 heterocycles. The average molecular weight is 576 g/mol. The van der Waals surface area contributed by atoms with E-state index >= 15 is 0 Å². The summed E-state index contributed by atoms with van der Waals surface area (Å²) in [7, 11) is 1.61. The van der Waals surface area contributed by atoms with Gasteiger partial charge >= 0.3 is 0 Å². The van der Waals surface area contributed by atoms with E-state index < -0.39 is 6.04 Å². The Kier molecular flexibility index (Phi) is 9.59. The summed E-state index contributed by atoms with van der Waals surface area (Å²) in [5.41, 5.74) is 3.97. The molecule has 2 aliphatic rings. The van der Waals surface area contributed by atoms with Crippen LogP contribution in [0.5, 0.6) is 5.75 Å². The van der Waals surface area contributed by atoms with Crippen LogP contribution in [0.2, 0.25) is 0 Å². The number of anilines is 1. The molecule has 0 aromatic carbocycles. The smallest absolute Gasteiger partial charge is 0.270 e. The Morgan fingerprint density at radius 3 is 2.31 bits per heavy atom. The molecule has 10 heteroatoms. The van der Waals surface area contributed by atoms with Crippen molar-refractivity contribution < 1.29 is 14.3 Å². The van der Waals surface area contributed by atoms with Crippen molar-refractivity contribution in [1.29, 1.82) is 0 Å². The van der Waals surface area contributed by atoms with Gasteiger partial charge in [0.2, 0.25) is 5.91 Å². The summed E-state index contributed by atoms with van der Waals surface area (Å²) in [6.45, 7) is 6.42. The Hall–Kier alpha value is -3.69. The molecule has 226 valence electrons. The molecule has 2 saturated carbocycles. The van der Waals surface area contributed by atoms with Crippen LogP contribution in [0.3, 0.4) is 0 Å². The van der Waals surface area contributed by atoms with E-state index in [1.807, 2.05) is 20.8 Å². The number of aromatic nitrogens is 5. The third kappa shape index (κ3) is 6.37. The highest BCUT2D eigenvalue weighted by atomic mass is 16.5. The number of aromatic amines is 1. The first-order chi connectivity index (χ1) is 20.4. The monoisotopic (exact) mass is 575 g/mol. The highest BCUT2D eigenvalue weighted by Crippen LogP contribution is 2.42. The van der Waals surface area contributed by atoms with E-state index in [0.717, 1.165) is 48.2 Å². The molecule has 0 bridgehead atoms. The molecule has 10 nitrogen and oxygen atoms in total. The van der Waals surface area contributed by atoms with E-state index in [9.17, 15) is 9.59 Å². The van der Waals surface area contributed by atoms with Gasteiger partial charge in [0, 0.05) is 41.8 Å². The fourth-order valence-corrected chi connectivity index (χ4v) is 7.31. The Morgan fingerprint density at radius 1 is 1.07 bits per heavy atom. The number of ether oxygens (including phenoxy) is 1. The number of H-pyrrole nitrogens is 1. The van der Waals surface area contributed by atoms with E-state index in [-0.39, 0.29) is 17.7 Å². The van der Waals surface area contributed by atoms with Gasteiger partial charge in [-0.05, 0) is 44.6 Å². The molecule has 42 heavy (non-hydrogen) atoms. The number of nitrogens with one attached hydrogen (secondary N) is 3. The van der Waals surface area contributed by atoms with Gasteiger partial charge in [0.05, 0.1) is 12.8 Å². The SMILES string of the molecule is CCn1nccc1C(=O)NC(C(=O)Nc1cc(OC)c(-c2c(C)n[nH]c2C)cn1)C(C1CCCCC1)C1CCCCC1. The number of carbonyl (C=O) groups excluding carboxylic acids is 2. The lowest BCUT2D eigenvalue weighted by Gasteiger charge is -2.41. The largest absolute Gasteiger partial charge is 0.496 e. The van der Waals surface area contributed by atoms with Crippen LogP contribution in [0.25, 0.3) is 11.1 Å². The van der Waals surface area contributed by atoms with Gasteiger partial charge < -0.3 is 15.4 Å². The van der Waals surface area contributed by atoms with E-state index in [1.54, 1.807) is 36.3 Å². The Labute approximate surface area is 248 Å². The van der Waals surface area contributed by atoms with Crippen molar-refractivity contribution in [3.05, 3.63) is 41.6 Å². The van der Waals surface area contributed by atoms with Crippen LogP contribution >= 0.6 is 0 Å². The molecule has 2 aliphatic carbocycles. The fourth-order valence-electron chi connectivity index (χ4n) is 7.31. The lowest BCUT2D eigenvalue weighted by molar-refractivity contribution is -0.121. The van der Waals surface area contributed by atoms with E-state index in [4.69, 9.17) is 4.74 Å². The minimum atomic E-state index is -0.685. The first-order valence-corrected chi connectivity index (χ1v) is 15.6. The summed E-state index contributed by atoms with van der Waals surface area (Å²) in [6, 6.07) is 2.78. The molecular formula is C32H45N7O3. The van der Waals surface area contributed by atoms with Gasteiger partial charge in [-0.2, -0.15) is 10.2 Å². The average Bonchev–Trinajstić information content (AvgIpc) is 3.63. The fraction of sp³-hybridized carbons (Fsp3) is 0.594. The highest BCUT2D eigenvalue weighted by Gasteiger charge is 2.41. The molecule has 3 aromatic rings. The maximum absolute atomic E-state index is 14.3. The summed E-state index contributed by atoms with van der Waals surface area (Å²) in [5, 5.41) is 17.9. The summed E-state index contributed by atoms with van der Waals surface area (Å²) in [4.78, 5) is 32.6. The van der Waals surface area contributed by atoms with E-state index in [1.165, 1.54) is 38.5 Å². The van der Waals surface area contributed by atoms with Gasteiger partial charge in [-0.1, -0.05) is 64.2 Å². The van der Waals surface area contributed by atoms with E-state index in [0.29, 0.717) is 35.6 Å². The quantitative estimate of drug-likeness (QED) is 0.279. The maximum Gasteiger partial charge on any atom is 0.270 e.